The second-order valence-corrected chi connectivity index (χ2v) is 5.92. The molecule has 114 valence electrons. The number of thioether (sulfide) groups is 1. The summed E-state index contributed by atoms with van der Waals surface area (Å²) >= 11 is 7.51. The molecule has 1 heterocycles. The highest BCUT2D eigenvalue weighted by Crippen LogP contribution is 2.33. The van der Waals surface area contributed by atoms with Crippen molar-refractivity contribution in [3.63, 3.8) is 0 Å². The van der Waals surface area contributed by atoms with Crippen LogP contribution in [0.5, 0.6) is 0 Å². The van der Waals surface area contributed by atoms with Crippen molar-refractivity contribution >= 4 is 40.4 Å². The number of carboxylic acids is 1. The van der Waals surface area contributed by atoms with Crippen LogP contribution in [0.3, 0.4) is 0 Å². The maximum atomic E-state index is 10.8. The lowest BCUT2D eigenvalue weighted by Gasteiger charge is -2.19. The normalized spacial score (nSPS) is 12.7. The van der Waals surface area contributed by atoms with E-state index in [4.69, 9.17) is 21.4 Å². The van der Waals surface area contributed by atoms with E-state index in [1.165, 1.54) is 11.8 Å². The fourth-order valence-electron chi connectivity index (χ4n) is 2.22. The molecule has 2 rings (SSSR count). The molecule has 0 spiro atoms. The Morgan fingerprint density at radius 1 is 1.57 bits per heavy atom. The number of aliphatic carboxylic acids is 1. The third kappa shape index (κ3) is 3.51. The van der Waals surface area contributed by atoms with Crippen molar-refractivity contribution in [2.24, 2.45) is 0 Å². The van der Waals surface area contributed by atoms with Gasteiger partial charge in [-0.15, -0.1) is 0 Å². The molecular formula is C14H17ClN2O3S. The van der Waals surface area contributed by atoms with Crippen LogP contribution in [0, 0.1) is 0 Å². The highest BCUT2D eigenvalue weighted by atomic mass is 35.5. The number of para-hydroxylation sites is 1. The van der Waals surface area contributed by atoms with Gasteiger partial charge in [-0.1, -0.05) is 36.4 Å². The molecule has 1 aromatic heterocycles. The zero-order valence-electron chi connectivity index (χ0n) is 11.9. The Bertz CT molecular complexity index is 644. The number of benzene rings is 1. The predicted molar refractivity (Wildman–Crippen MR) is 84.3 cm³/mol. The zero-order valence-corrected chi connectivity index (χ0v) is 13.4. The predicted octanol–water partition coefficient (Wildman–Crippen LogP) is 3.46. The van der Waals surface area contributed by atoms with Crippen LogP contribution < -0.4 is 0 Å². The molecule has 0 radical (unpaired) electrons. The molecule has 1 unspecified atom stereocenters. The first-order valence-electron chi connectivity index (χ1n) is 6.58. The summed E-state index contributed by atoms with van der Waals surface area (Å²) in [6.45, 7) is 2.58. The Labute approximate surface area is 132 Å². The number of methoxy groups -OCH3 is 1. The van der Waals surface area contributed by atoms with E-state index in [2.05, 4.69) is 11.9 Å². The number of fused-ring (bicyclic) bond motifs is 1. The lowest BCUT2D eigenvalue weighted by molar-refractivity contribution is -0.133. The van der Waals surface area contributed by atoms with Crippen LogP contribution in [0.25, 0.3) is 11.0 Å². The molecule has 0 bridgehead atoms. The Morgan fingerprint density at radius 3 is 2.95 bits per heavy atom. The van der Waals surface area contributed by atoms with Gasteiger partial charge in [0.15, 0.2) is 5.16 Å². The van der Waals surface area contributed by atoms with Crippen molar-refractivity contribution in [2.45, 2.75) is 24.5 Å². The van der Waals surface area contributed by atoms with E-state index in [0.717, 1.165) is 17.5 Å². The smallest absolute Gasteiger partial charge is 0.313 e. The number of rotatable bonds is 7. The standard InChI is InChI=1S/C14H17ClN2O3S/c1-3-9(7-20-2)17-13-10(15)5-4-6-11(13)16-14(17)21-8-12(18)19/h4-6,9H,3,7-8H2,1-2H3,(H,18,19). The maximum absolute atomic E-state index is 10.8. The van der Waals surface area contributed by atoms with E-state index in [9.17, 15) is 4.79 Å². The number of aromatic nitrogens is 2. The lowest BCUT2D eigenvalue weighted by Crippen LogP contribution is -2.15. The fraction of sp³-hybridized carbons (Fsp3) is 0.429. The van der Waals surface area contributed by atoms with Crippen LogP contribution in [-0.4, -0.2) is 40.1 Å². The molecule has 0 fully saturated rings. The largest absolute Gasteiger partial charge is 0.481 e. The molecule has 0 amide bonds. The maximum Gasteiger partial charge on any atom is 0.313 e. The van der Waals surface area contributed by atoms with Crippen LogP contribution in [0.1, 0.15) is 19.4 Å². The molecule has 0 saturated carbocycles. The molecule has 0 aliphatic rings. The minimum atomic E-state index is -0.871. The molecule has 21 heavy (non-hydrogen) atoms. The minimum Gasteiger partial charge on any atom is -0.481 e. The number of halogens is 1. The van der Waals surface area contributed by atoms with Crippen molar-refractivity contribution in [1.82, 2.24) is 9.55 Å². The summed E-state index contributed by atoms with van der Waals surface area (Å²) < 4.78 is 7.27. The Kier molecular flexibility index (Phi) is 5.50. The topological polar surface area (TPSA) is 64.3 Å². The summed E-state index contributed by atoms with van der Waals surface area (Å²) in [5.41, 5.74) is 1.60. The highest BCUT2D eigenvalue weighted by Gasteiger charge is 2.20. The average Bonchev–Trinajstić information content (AvgIpc) is 2.82. The van der Waals surface area contributed by atoms with E-state index >= 15 is 0 Å². The average molecular weight is 329 g/mol. The molecule has 2 aromatic rings. The SMILES string of the molecule is CCC(COC)n1c(SCC(=O)O)nc2cccc(Cl)c21. The van der Waals surface area contributed by atoms with Gasteiger partial charge in [0.2, 0.25) is 0 Å². The van der Waals surface area contributed by atoms with E-state index in [0.29, 0.717) is 16.8 Å². The molecule has 0 aliphatic heterocycles. The van der Waals surface area contributed by atoms with Gasteiger partial charge in [0, 0.05) is 7.11 Å². The molecule has 1 N–H and O–H groups in total. The summed E-state index contributed by atoms with van der Waals surface area (Å²) in [5.74, 6) is -0.908. The van der Waals surface area contributed by atoms with Gasteiger partial charge in [-0.3, -0.25) is 4.79 Å². The first kappa shape index (κ1) is 16.1. The molecule has 1 aromatic carbocycles. The Balaban J connectivity index is 2.55. The quantitative estimate of drug-likeness (QED) is 0.788. The summed E-state index contributed by atoms with van der Waals surface area (Å²) in [6, 6.07) is 5.59. The number of hydrogen-bond acceptors (Lipinski definition) is 4. The molecular weight excluding hydrogens is 312 g/mol. The van der Waals surface area contributed by atoms with Gasteiger partial charge in [-0.05, 0) is 18.6 Å². The second kappa shape index (κ2) is 7.15. The summed E-state index contributed by atoms with van der Waals surface area (Å²) in [7, 11) is 1.65. The van der Waals surface area contributed by atoms with Crippen molar-refractivity contribution in [3.8, 4) is 0 Å². The minimum absolute atomic E-state index is 0.0373. The van der Waals surface area contributed by atoms with Gasteiger partial charge in [0.1, 0.15) is 0 Å². The van der Waals surface area contributed by atoms with E-state index in [-0.39, 0.29) is 11.8 Å². The van der Waals surface area contributed by atoms with E-state index in [1.54, 1.807) is 7.11 Å². The van der Waals surface area contributed by atoms with Gasteiger partial charge in [-0.2, -0.15) is 0 Å². The first-order chi connectivity index (χ1) is 10.1. The number of carboxylic acid groups (broad SMARTS) is 1. The first-order valence-corrected chi connectivity index (χ1v) is 7.94. The Hall–Kier alpha value is -1.24. The van der Waals surface area contributed by atoms with E-state index in [1.807, 2.05) is 22.8 Å². The summed E-state index contributed by atoms with van der Waals surface area (Å²) in [6.07, 6.45) is 0.838. The van der Waals surface area contributed by atoms with Crippen molar-refractivity contribution in [3.05, 3.63) is 23.2 Å². The van der Waals surface area contributed by atoms with Crippen molar-refractivity contribution in [2.75, 3.05) is 19.5 Å². The van der Waals surface area contributed by atoms with Gasteiger partial charge < -0.3 is 14.4 Å². The zero-order chi connectivity index (χ0) is 15.4. The molecule has 5 nitrogen and oxygen atoms in total. The van der Waals surface area contributed by atoms with Gasteiger partial charge in [0.05, 0.1) is 34.5 Å². The Morgan fingerprint density at radius 2 is 2.33 bits per heavy atom. The third-order valence-electron chi connectivity index (χ3n) is 3.15. The van der Waals surface area contributed by atoms with Gasteiger partial charge >= 0.3 is 5.97 Å². The molecule has 0 aliphatic carbocycles. The van der Waals surface area contributed by atoms with Gasteiger partial charge in [0.25, 0.3) is 0 Å². The number of hydrogen-bond donors (Lipinski definition) is 1. The van der Waals surface area contributed by atoms with Crippen molar-refractivity contribution < 1.29 is 14.6 Å². The lowest BCUT2D eigenvalue weighted by atomic mass is 10.2. The monoisotopic (exact) mass is 328 g/mol. The van der Waals surface area contributed by atoms with Crippen molar-refractivity contribution in [1.29, 1.82) is 0 Å². The van der Waals surface area contributed by atoms with E-state index < -0.39 is 5.97 Å². The van der Waals surface area contributed by atoms with Crippen LogP contribution in [-0.2, 0) is 9.53 Å². The number of carbonyl (C=O) groups is 1. The molecule has 1 atom stereocenters. The molecule has 0 saturated heterocycles. The highest BCUT2D eigenvalue weighted by molar-refractivity contribution is 7.99. The van der Waals surface area contributed by atoms with Crippen LogP contribution in [0.15, 0.2) is 23.4 Å². The van der Waals surface area contributed by atoms with Crippen LogP contribution in [0.4, 0.5) is 0 Å². The fourth-order valence-corrected chi connectivity index (χ4v) is 3.27. The summed E-state index contributed by atoms with van der Waals surface area (Å²) in [5, 5.41) is 10.2. The number of ether oxygens (including phenoxy) is 1. The summed E-state index contributed by atoms with van der Waals surface area (Å²) in [4.78, 5) is 15.3. The molecule has 7 heteroatoms. The third-order valence-corrected chi connectivity index (χ3v) is 4.39. The van der Waals surface area contributed by atoms with Crippen LogP contribution in [0.2, 0.25) is 5.02 Å². The number of nitrogens with zero attached hydrogens (tertiary/aromatic N) is 2. The second-order valence-electron chi connectivity index (χ2n) is 4.57. The van der Waals surface area contributed by atoms with Crippen LogP contribution >= 0.6 is 23.4 Å². The van der Waals surface area contributed by atoms with Gasteiger partial charge in [-0.25, -0.2) is 4.98 Å². The number of imidazole rings is 1.